The van der Waals surface area contributed by atoms with E-state index in [4.69, 9.17) is 4.52 Å². The third kappa shape index (κ3) is 3.89. The molecule has 0 aromatic rings. The van der Waals surface area contributed by atoms with Gasteiger partial charge >= 0.3 is 0 Å². The largest absolute Gasteiger partial charge is 0.332 e. The lowest BCUT2D eigenvalue weighted by atomic mass is 10.2. The van der Waals surface area contributed by atoms with Crippen LogP contribution in [0.25, 0.3) is 0 Å². The van der Waals surface area contributed by atoms with Crippen molar-refractivity contribution in [1.82, 2.24) is 9.34 Å². The van der Waals surface area contributed by atoms with Crippen LogP contribution < -0.4 is 0 Å². The summed E-state index contributed by atoms with van der Waals surface area (Å²) in [4.78, 5) is 0. The van der Waals surface area contributed by atoms with Crippen LogP contribution in [0.2, 0.25) is 0 Å². The van der Waals surface area contributed by atoms with Crippen molar-refractivity contribution in [3.8, 4) is 0 Å². The van der Waals surface area contributed by atoms with E-state index in [1.165, 1.54) is 32.4 Å². The Morgan fingerprint density at radius 2 is 1.47 bits per heavy atom. The molecule has 2 unspecified atom stereocenters. The molecule has 0 aromatic heterocycles. The lowest BCUT2D eigenvalue weighted by Crippen LogP contribution is -2.44. The van der Waals surface area contributed by atoms with Crippen molar-refractivity contribution in [2.45, 2.75) is 66.0 Å². The van der Waals surface area contributed by atoms with Crippen LogP contribution in [0, 0.1) is 0 Å². The van der Waals surface area contributed by atoms with E-state index in [-0.39, 0.29) is 0 Å². The van der Waals surface area contributed by atoms with E-state index in [2.05, 4.69) is 44.0 Å². The molecule has 4 heteroatoms. The van der Waals surface area contributed by atoms with Gasteiger partial charge in [-0.1, -0.05) is 13.8 Å². The molecule has 0 amide bonds. The fourth-order valence-electron chi connectivity index (χ4n) is 2.18. The molecule has 0 bridgehead atoms. The van der Waals surface area contributed by atoms with Crippen molar-refractivity contribution in [2.75, 3.05) is 19.7 Å². The van der Waals surface area contributed by atoms with E-state index in [1.54, 1.807) is 0 Å². The standard InChI is InChI=1S/C13H29N2OP/c1-6-12(4)14-10-9-11-15(13(5)7-2)17(14)16-8-3/h12-13H,6-11H2,1-5H3. The highest BCUT2D eigenvalue weighted by Gasteiger charge is 2.35. The molecule has 102 valence electrons. The molecule has 1 aliphatic rings. The minimum absolute atomic E-state index is 0.523. The van der Waals surface area contributed by atoms with Crippen LogP contribution in [0.1, 0.15) is 53.9 Å². The van der Waals surface area contributed by atoms with Gasteiger partial charge in [-0.3, -0.25) is 0 Å². The van der Waals surface area contributed by atoms with Crippen molar-refractivity contribution in [1.29, 1.82) is 0 Å². The molecule has 0 saturated carbocycles. The Balaban J connectivity index is 2.75. The summed E-state index contributed by atoms with van der Waals surface area (Å²) in [6, 6.07) is 1.28. The molecule has 0 N–H and O–H groups in total. The molecule has 0 radical (unpaired) electrons. The summed E-state index contributed by atoms with van der Waals surface area (Å²) in [6.45, 7) is 14.5. The van der Waals surface area contributed by atoms with Crippen LogP contribution in [0.3, 0.4) is 0 Å². The SMILES string of the molecule is CCOP1N(C(C)CC)CCCN1C(C)CC. The predicted octanol–water partition coefficient (Wildman–Crippen LogP) is 3.85. The Hall–Kier alpha value is 0.310. The zero-order valence-corrected chi connectivity index (χ0v) is 13.0. The van der Waals surface area contributed by atoms with Crippen LogP contribution in [0.5, 0.6) is 0 Å². The van der Waals surface area contributed by atoms with E-state index >= 15 is 0 Å². The third-order valence-electron chi connectivity index (χ3n) is 3.66. The molecule has 3 nitrogen and oxygen atoms in total. The average molecular weight is 260 g/mol. The molecule has 1 rings (SSSR count). The molecule has 1 fully saturated rings. The van der Waals surface area contributed by atoms with Gasteiger partial charge in [-0.25, -0.2) is 9.34 Å². The summed E-state index contributed by atoms with van der Waals surface area (Å²) < 4.78 is 11.3. The molecular formula is C13H29N2OP. The van der Waals surface area contributed by atoms with E-state index in [0.717, 1.165) is 6.61 Å². The summed E-state index contributed by atoms with van der Waals surface area (Å²) in [5.74, 6) is 0. The average Bonchev–Trinajstić information content (AvgIpc) is 2.37. The summed E-state index contributed by atoms with van der Waals surface area (Å²) in [5, 5.41) is 0. The van der Waals surface area contributed by atoms with E-state index < -0.39 is 8.45 Å². The van der Waals surface area contributed by atoms with Crippen LogP contribution in [-0.2, 0) is 4.52 Å². The first-order valence-electron chi connectivity index (χ1n) is 7.11. The lowest BCUT2D eigenvalue weighted by molar-refractivity contribution is 0.181. The summed E-state index contributed by atoms with van der Waals surface area (Å²) >= 11 is 0. The maximum atomic E-state index is 6.07. The third-order valence-corrected chi connectivity index (χ3v) is 6.21. The van der Waals surface area contributed by atoms with Gasteiger partial charge in [-0.2, -0.15) is 0 Å². The van der Waals surface area contributed by atoms with Gasteiger partial charge in [0.25, 0.3) is 0 Å². The number of hydrogen-bond donors (Lipinski definition) is 0. The lowest BCUT2D eigenvalue weighted by Gasteiger charge is -2.46. The quantitative estimate of drug-likeness (QED) is 0.675. The number of hydrogen-bond acceptors (Lipinski definition) is 3. The highest BCUT2D eigenvalue weighted by molar-refractivity contribution is 7.47. The number of nitrogens with zero attached hydrogens (tertiary/aromatic N) is 2. The van der Waals surface area contributed by atoms with Crippen LogP contribution in [-0.4, -0.2) is 41.1 Å². The molecule has 2 atom stereocenters. The maximum absolute atomic E-state index is 6.07. The smallest absolute Gasteiger partial charge is 0.188 e. The Morgan fingerprint density at radius 1 is 1.00 bits per heavy atom. The normalized spacial score (nSPS) is 27.0. The van der Waals surface area contributed by atoms with E-state index in [9.17, 15) is 0 Å². The second kappa shape index (κ2) is 7.68. The van der Waals surface area contributed by atoms with Crippen molar-refractivity contribution in [3.63, 3.8) is 0 Å². The Bertz CT molecular complexity index is 198. The summed E-state index contributed by atoms with van der Waals surface area (Å²) in [5.41, 5.74) is 0. The molecule has 1 saturated heterocycles. The van der Waals surface area contributed by atoms with Crippen molar-refractivity contribution < 1.29 is 4.52 Å². The summed E-state index contributed by atoms with van der Waals surface area (Å²) in [6.07, 6.45) is 3.70. The van der Waals surface area contributed by atoms with Gasteiger partial charge in [-0.05, 0) is 40.0 Å². The molecular weight excluding hydrogens is 231 g/mol. The first-order chi connectivity index (χ1) is 8.15. The fraction of sp³-hybridized carbons (Fsp3) is 1.00. The second-order valence-corrected chi connectivity index (χ2v) is 6.66. The Labute approximate surface area is 108 Å². The van der Waals surface area contributed by atoms with Crippen molar-refractivity contribution in [2.24, 2.45) is 0 Å². The first-order valence-corrected chi connectivity index (χ1v) is 8.28. The van der Waals surface area contributed by atoms with Gasteiger partial charge in [-0.15, -0.1) is 0 Å². The zero-order chi connectivity index (χ0) is 12.8. The van der Waals surface area contributed by atoms with Crippen LogP contribution in [0.4, 0.5) is 0 Å². The van der Waals surface area contributed by atoms with Gasteiger partial charge in [0, 0.05) is 25.2 Å². The molecule has 1 heterocycles. The highest BCUT2D eigenvalue weighted by Crippen LogP contribution is 2.51. The molecule has 0 aromatic carbocycles. The van der Waals surface area contributed by atoms with Gasteiger partial charge in [0.05, 0.1) is 6.61 Å². The zero-order valence-electron chi connectivity index (χ0n) is 12.1. The maximum Gasteiger partial charge on any atom is 0.188 e. The first kappa shape index (κ1) is 15.4. The predicted molar refractivity (Wildman–Crippen MR) is 76.1 cm³/mol. The van der Waals surface area contributed by atoms with E-state index in [1.807, 2.05) is 0 Å². The minimum atomic E-state index is -0.523. The molecule has 0 spiro atoms. The van der Waals surface area contributed by atoms with Gasteiger partial charge in [0.2, 0.25) is 0 Å². The van der Waals surface area contributed by atoms with Crippen LogP contribution in [0.15, 0.2) is 0 Å². The van der Waals surface area contributed by atoms with Gasteiger partial charge in [0.1, 0.15) is 0 Å². The topological polar surface area (TPSA) is 15.7 Å². The molecule has 1 aliphatic heterocycles. The second-order valence-electron chi connectivity index (χ2n) is 4.86. The van der Waals surface area contributed by atoms with Gasteiger partial charge < -0.3 is 4.52 Å². The van der Waals surface area contributed by atoms with Crippen LogP contribution >= 0.6 is 8.45 Å². The number of rotatable bonds is 6. The highest BCUT2D eigenvalue weighted by atomic mass is 31.2. The monoisotopic (exact) mass is 260 g/mol. The fourth-order valence-corrected chi connectivity index (χ4v) is 4.63. The molecule has 17 heavy (non-hydrogen) atoms. The van der Waals surface area contributed by atoms with Crippen molar-refractivity contribution in [3.05, 3.63) is 0 Å². The Morgan fingerprint density at radius 3 is 1.82 bits per heavy atom. The van der Waals surface area contributed by atoms with E-state index in [0.29, 0.717) is 12.1 Å². The van der Waals surface area contributed by atoms with Gasteiger partial charge in [0.15, 0.2) is 8.45 Å². The molecule has 0 aliphatic carbocycles. The Kier molecular flexibility index (Phi) is 6.94. The summed E-state index contributed by atoms with van der Waals surface area (Å²) in [7, 11) is -0.523. The van der Waals surface area contributed by atoms with Crippen molar-refractivity contribution >= 4 is 8.45 Å². The minimum Gasteiger partial charge on any atom is -0.332 e.